The van der Waals surface area contributed by atoms with Crippen LogP contribution in [0.25, 0.3) is 22.3 Å². The van der Waals surface area contributed by atoms with Crippen molar-refractivity contribution in [2.45, 2.75) is 25.8 Å². The molecule has 0 spiro atoms. The lowest BCUT2D eigenvalue weighted by Gasteiger charge is -2.27. The molecule has 5 nitrogen and oxygen atoms in total. The number of nitrogens with zero attached hydrogens (tertiary/aromatic N) is 2. The number of nitriles is 1. The van der Waals surface area contributed by atoms with Gasteiger partial charge in [0, 0.05) is 24.3 Å². The third kappa shape index (κ3) is 3.14. The van der Waals surface area contributed by atoms with Crippen LogP contribution < -0.4 is 5.73 Å². The monoisotopic (exact) mass is 427 g/mol. The van der Waals surface area contributed by atoms with Gasteiger partial charge in [-0.25, -0.2) is 4.39 Å². The van der Waals surface area contributed by atoms with E-state index in [1.54, 1.807) is 4.90 Å². The molecule has 3 N–H and O–H groups in total. The molecular weight excluding hydrogens is 405 g/mol. The first-order chi connectivity index (χ1) is 15.5. The molecule has 0 bridgehead atoms. The van der Waals surface area contributed by atoms with Gasteiger partial charge < -0.3 is 15.7 Å². The van der Waals surface area contributed by atoms with Crippen molar-refractivity contribution in [3.63, 3.8) is 0 Å². The van der Waals surface area contributed by atoms with Crippen LogP contribution in [0.3, 0.4) is 0 Å². The first kappa shape index (κ1) is 20.2. The summed E-state index contributed by atoms with van der Waals surface area (Å²) in [6.45, 7) is 1.14. The summed E-state index contributed by atoms with van der Waals surface area (Å²) in [5, 5.41) is 18.6. The summed E-state index contributed by atoms with van der Waals surface area (Å²) in [6.07, 6.45) is 3.87. The molecular formula is C26H22FN3O2. The Morgan fingerprint density at radius 1 is 1.12 bits per heavy atom. The first-order valence-corrected chi connectivity index (χ1v) is 10.7. The van der Waals surface area contributed by atoms with E-state index in [9.17, 15) is 15.2 Å². The van der Waals surface area contributed by atoms with Crippen molar-refractivity contribution in [1.29, 1.82) is 5.26 Å². The maximum atomic E-state index is 15.7. The second-order valence-electron chi connectivity index (χ2n) is 8.36. The highest BCUT2D eigenvalue weighted by Gasteiger charge is 2.31. The van der Waals surface area contributed by atoms with Crippen LogP contribution >= 0.6 is 0 Å². The Labute approximate surface area is 185 Å². The minimum atomic E-state index is -0.644. The van der Waals surface area contributed by atoms with Crippen molar-refractivity contribution >= 4 is 5.91 Å². The Bertz CT molecular complexity index is 1310. The first-order valence-electron chi connectivity index (χ1n) is 10.7. The minimum absolute atomic E-state index is 0.0496. The second-order valence-corrected chi connectivity index (χ2v) is 8.36. The molecule has 6 heteroatoms. The van der Waals surface area contributed by atoms with E-state index in [4.69, 9.17) is 5.73 Å². The number of hydrogen-bond donors (Lipinski definition) is 2. The molecule has 160 valence electrons. The molecule has 0 radical (unpaired) electrons. The largest absolute Gasteiger partial charge is 0.396 e. The number of amides is 1. The highest BCUT2D eigenvalue weighted by Crippen LogP contribution is 2.47. The normalized spacial score (nSPS) is 13.8. The Morgan fingerprint density at radius 2 is 1.97 bits per heavy atom. The maximum Gasteiger partial charge on any atom is 0.249 e. The molecule has 1 aliphatic carbocycles. The summed E-state index contributed by atoms with van der Waals surface area (Å²) in [5.41, 5.74) is 13.5. The Morgan fingerprint density at radius 3 is 2.72 bits per heavy atom. The van der Waals surface area contributed by atoms with E-state index < -0.39 is 11.7 Å². The molecule has 3 aromatic carbocycles. The molecule has 2 aliphatic rings. The molecule has 0 aromatic heterocycles. The number of primary amides is 1. The highest BCUT2D eigenvalue weighted by atomic mass is 19.1. The molecule has 3 aromatic rings. The lowest BCUT2D eigenvalue weighted by molar-refractivity contribution is 0.0999. The van der Waals surface area contributed by atoms with Crippen LogP contribution in [0.15, 0.2) is 42.5 Å². The summed E-state index contributed by atoms with van der Waals surface area (Å²) in [4.78, 5) is 13.9. The zero-order valence-corrected chi connectivity index (χ0v) is 17.5. The number of rotatable bonds is 4. The van der Waals surface area contributed by atoms with Gasteiger partial charge in [-0.15, -0.1) is 0 Å². The molecule has 1 amide bonds. The van der Waals surface area contributed by atoms with Gasteiger partial charge in [0.15, 0.2) is 6.19 Å². The van der Waals surface area contributed by atoms with Crippen molar-refractivity contribution in [1.82, 2.24) is 4.90 Å². The smallest absolute Gasteiger partial charge is 0.249 e. The predicted octanol–water partition coefficient (Wildman–Crippen LogP) is 3.54. The van der Waals surface area contributed by atoms with Gasteiger partial charge in [0.25, 0.3) is 0 Å². The zero-order chi connectivity index (χ0) is 22.4. The molecule has 32 heavy (non-hydrogen) atoms. The molecule has 0 saturated carbocycles. The van der Waals surface area contributed by atoms with Crippen LogP contribution in [0.4, 0.5) is 4.39 Å². The molecule has 0 saturated heterocycles. The summed E-state index contributed by atoms with van der Waals surface area (Å²) in [5.74, 6) is -1.12. The SMILES string of the molecule is N#CN1CCc2c(cccc2-c2c(F)cc(C(N)=O)c3c2-c2ccc(CCO)cc2C3)C1. The van der Waals surface area contributed by atoms with E-state index in [1.807, 2.05) is 36.4 Å². The zero-order valence-electron chi connectivity index (χ0n) is 17.5. The topological polar surface area (TPSA) is 90.4 Å². The van der Waals surface area contributed by atoms with Crippen LogP contribution in [0.1, 0.15) is 38.2 Å². The van der Waals surface area contributed by atoms with E-state index in [1.165, 1.54) is 6.07 Å². The quantitative estimate of drug-likeness (QED) is 0.488. The van der Waals surface area contributed by atoms with Crippen molar-refractivity contribution in [3.8, 4) is 28.4 Å². The lowest BCUT2D eigenvalue weighted by atomic mass is 9.85. The van der Waals surface area contributed by atoms with Gasteiger partial charge >= 0.3 is 0 Å². The van der Waals surface area contributed by atoms with Gasteiger partial charge in [-0.05, 0) is 69.8 Å². The number of hydrogen-bond acceptors (Lipinski definition) is 4. The number of aliphatic hydroxyl groups excluding tert-OH is 1. The van der Waals surface area contributed by atoms with E-state index in [-0.39, 0.29) is 12.2 Å². The summed E-state index contributed by atoms with van der Waals surface area (Å²) >= 11 is 0. The standard InChI is InChI=1S/C26H22FN3O2/c27-23-12-22(26(29)32)21-11-17-10-15(7-9-31)4-5-19(17)24(21)25(23)20-3-1-2-16-13-30(14-28)8-6-18(16)20/h1-5,10,12,31H,6-9,11,13H2,(H2,29,32). The number of aliphatic hydroxyl groups is 1. The maximum absolute atomic E-state index is 15.7. The Balaban J connectivity index is 1.76. The van der Waals surface area contributed by atoms with Gasteiger partial charge in [0.1, 0.15) is 5.82 Å². The number of carbonyl (C=O) groups excluding carboxylic acids is 1. The summed E-state index contributed by atoms with van der Waals surface area (Å²) in [7, 11) is 0. The number of nitrogens with two attached hydrogens (primary N) is 1. The lowest BCUT2D eigenvalue weighted by Crippen LogP contribution is -2.26. The number of fused-ring (bicyclic) bond motifs is 4. The fourth-order valence-electron chi connectivity index (χ4n) is 5.10. The molecule has 0 fully saturated rings. The van der Waals surface area contributed by atoms with Gasteiger partial charge in [0.05, 0.1) is 6.54 Å². The average Bonchev–Trinajstić information content (AvgIpc) is 3.16. The van der Waals surface area contributed by atoms with Crippen LogP contribution in [0.2, 0.25) is 0 Å². The van der Waals surface area contributed by atoms with E-state index >= 15 is 4.39 Å². The fourth-order valence-corrected chi connectivity index (χ4v) is 5.10. The van der Waals surface area contributed by atoms with Gasteiger partial charge in [-0.2, -0.15) is 5.26 Å². The van der Waals surface area contributed by atoms with E-state index in [0.29, 0.717) is 37.9 Å². The molecule has 5 rings (SSSR count). The van der Waals surface area contributed by atoms with E-state index in [2.05, 4.69) is 6.19 Å². The van der Waals surface area contributed by atoms with Crippen LogP contribution in [-0.4, -0.2) is 29.1 Å². The third-order valence-electron chi connectivity index (χ3n) is 6.54. The molecule has 1 heterocycles. The number of carbonyl (C=O) groups is 1. The number of benzene rings is 3. The summed E-state index contributed by atoms with van der Waals surface area (Å²) < 4.78 is 15.7. The highest BCUT2D eigenvalue weighted by molar-refractivity contribution is 6.02. The van der Waals surface area contributed by atoms with Crippen molar-refractivity contribution < 1.29 is 14.3 Å². The summed E-state index contributed by atoms with van der Waals surface area (Å²) in [6, 6.07) is 13.0. The van der Waals surface area contributed by atoms with E-state index in [0.717, 1.165) is 44.5 Å². The molecule has 1 aliphatic heterocycles. The number of halogens is 1. The molecule has 0 unspecified atom stereocenters. The van der Waals surface area contributed by atoms with Crippen LogP contribution in [0.5, 0.6) is 0 Å². The Hall–Kier alpha value is -3.69. The van der Waals surface area contributed by atoms with Crippen molar-refractivity contribution in [3.05, 3.63) is 81.7 Å². The van der Waals surface area contributed by atoms with Gasteiger partial charge in [-0.1, -0.05) is 36.4 Å². The van der Waals surface area contributed by atoms with Crippen LogP contribution in [-0.2, 0) is 25.8 Å². The second kappa shape index (κ2) is 7.77. The van der Waals surface area contributed by atoms with Crippen molar-refractivity contribution in [2.75, 3.05) is 13.2 Å². The van der Waals surface area contributed by atoms with Crippen molar-refractivity contribution in [2.24, 2.45) is 5.73 Å². The predicted molar refractivity (Wildman–Crippen MR) is 119 cm³/mol. The fraction of sp³-hybridized carbons (Fsp3) is 0.231. The minimum Gasteiger partial charge on any atom is -0.396 e. The molecule has 0 atom stereocenters. The third-order valence-corrected chi connectivity index (χ3v) is 6.54. The average molecular weight is 427 g/mol. The van der Waals surface area contributed by atoms with Crippen LogP contribution in [0, 0.1) is 17.3 Å². The van der Waals surface area contributed by atoms with Gasteiger partial charge in [-0.3, -0.25) is 4.79 Å². The van der Waals surface area contributed by atoms with Gasteiger partial charge in [0.2, 0.25) is 5.91 Å². The Kier molecular flexibility index (Phi) is 4.91.